The molecule has 14 heteroatoms. The Morgan fingerprint density at radius 1 is 0.621 bits per heavy atom. The summed E-state index contributed by atoms with van der Waals surface area (Å²) in [7, 11) is 3.74. The molecule has 58 heavy (non-hydrogen) atoms. The highest BCUT2D eigenvalue weighted by Crippen LogP contribution is 2.38. The van der Waals surface area contributed by atoms with Crippen molar-refractivity contribution in [3.63, 3.8) is 0 Å². The molecule has 2 aliphatic carbocycles. The van der Waals surface area contributed by atoms with Crippen molar-refractivity contribution in [3.05, 3.63) is 107 Å². The molecular formula is C44H46F2N12. The number of rotatable bonds is 10. The second-order valence-electron chi connectivity index (χ2n) is 15.7. The minimum absolute atomic E-state index is 0.0798. The van der Waals surface area contributed by atoms with Gasteiger partial charge in [-0.25, -0.2) is 8.78 Å². The van der Waals surface area contributed by atoms with Crippen LogP contribution in [0, 0.1) is 25.5 Å². The molecule has 10 rings (SSSR count). The molecule has 8 aromatic rings. The Balaban J connectivity index is 0.000000150. The number of pyridine rings is 2. The summed E-state index contributed by atoms with van der Waals surface area (Å²) in [4.78, 5) is 8.99. The lowest BCUT2D eigenvalue weighted by atomic mass is 9.97. The molecule has 0 aliphatic heterocycles. The van der Waals surface area contributed by atoms with E-state index in [0.29, 0.717) is 34.6 Å². The van der Waals surface area contributed by atoms with Gasteiger partial charge in [0.1, 0.15) is 23.0 Å². The summed E-state index contributed by atoms with van der Waals surface area (Å²) in [5, 5.41) is 32.1. The van der Waals surface area contributed by atoms with Crippen LogP contribution < -0.4 is 10.6 Å². The van der Waals surface area contributed by atoms with Crippen LogP contribution >= 0.6 is 0 Å². The summed E-state index contributed by atoms with van der Waals surface area (Å²) in [5.74, 6) is -0.527. The summed E-state index contributed by atoms with van der Waals surface area (Å²) < 4.78 is 34.1. The molecule has 0 bridgehead atoms. The predicted molar refractivity (Wildman–Crippen MR) is 222 cm³/mol. The van der Waals surface area contributed by atoms with Gasteiger partial charge < -0.3 is 10.6 Å². The lowest BCUT2D eigenvalue weighted by Gasteiger charge is -2.15. The quantitative estimate of drug-likeness (QED) is 0.108. The number of nitrogens with zero attached hydrogens (tertiary/aromatic N) is 8. The monoisotopic (exact) mass is 780 g/mol. The molecule has 2 atom stereocenters. The molecule has 0 saturated heterocycles. The number of hydrogen-bond acceptors (Lipinski definition) is 8. The van der Waals surface area contributed by atoms with Crippen molar-refractivity contribution in [3.8, 4) is 45.0 Å². The van der Waals surface area contributed by atoms with E-state index >= 15 is 8.78 Å². The minimum Gasteiger partial charge on any atom is -0.313 e. The Kier molecular flexibility index (Phi) is 9.68. The third-order valence-corrected chi connectivity index (χ3v) is 11.5. The average Bonchev–Trinajstić information content (AvgIpc) is 4.03. The Morgan fingerprint density at radius 2 is 1.03 bits per heavy atom. The Labute approximate surface area is 334 Å². The number of benzene rings is 2. The van der Waals surface area contributed by atoms with E-state index in [1.165, 1.54) is 25.7 Å². The lowest BCUT2D eigenvalue weighted by Crippen LogP contribution is -2.13. The van der Waals surface area contributed by atoms with Crippen molar-refractivity contribution in [2.45, 2.75) is 77.5 Å². The summed E-state index contributed by atoms with van der Waals surface area (Å²) in [5.41, 5.74) is 11.0. The number of halogens is 2. The van der Waals surface area contributed by atoms with E-state index in [1.54, 1.807) is 24.5 Å². The number of hydrogen-bond donors (Lipinski definition) is 4. The van der Waals surface area contributed by atoms with E-state index in [9.17, 15) is 0 Å². The Morgan fingerprint density at radius 3 is 1.40 bits per heavy atom. The number of fused-ring (bicyclic) bond motifs is 2. The Bertz CT molecular complexity index is 2550. The van der Waals surface area contributed by atoms with Gasteiger partial charge in [-0.15, -0.1) is 0 Å². The molecule has 2 aromatic carbocycles. The van der Waals surface area contributed by atoms with Gasteiger partial charge in [-0.3, -0.25) is 29.5 Å². The van der Waals surface area contributed by atoms with Gasteiger partial charge in [0.15, 0.2) is 0 Å². The van der Waals surface area contributed by atoms with Crippen LogP contribution in [-0.2, 0) is 0 Å². The van der Waals surface area contributed by atoms with Crippen molar-refractivity contribution < 1.29 is 8.78 Å². The second-order valence-corrected chi connectivity index (χ2v) is 15.7. The molecule has 2 unspecified atom stereocenters. The molecular weight excluding hydrogens is 735 g/mol. The highest BCUT2D eigenvalue weighted by atomic mass is 19.1. The SMILES string of the molecule is CNC(C)c1cc(C)c(-c2cc3c(-c4cnn(C5CC5)c4)n[nH]c3cn2)c(F)c1.CNC(C)c1cc(C)c(-c2cc3c(-c4cnn(C5CC5)c4)n[nH]c3cn2)c(F)c1. The average molecular weight is 781 g/mol. The van der Waals surface area contributed by atoms with Crippen LogP contribution in [0.4, 0.5) is 8.78 Å². The van der Waals surface area contributed by atoms with Gasteiger partial charge in [0.2, 0.25) is 0 Å². The fraction of sp³-hybridized carbons (Fsp3) is 0.318. The van der Waals surface area contributed by atoms with Crippen molar-refractivity contribution >= 4 is 21.8 Å². The summed E-state index contributed by atoms with van der Waals surface area (Å²) in [6.45, 7) is 7.87. The number of aryl methyl sites for hydroxylation is 2. The third kappa shape index (κ3) is 7.06. The summed E-state index contributed by atoms with van der Waals surface area (Å²) in [6.07, 6.45) is 15.9. The standard InChI is InChI=1S/2C22H23FN6/c2*1-12-6-14(13(2)24-3)7-18(23)21(12)19-8-17-20(10-25-19)27-28-22(17)15-9-26-29(11-15)16-4-5-16/h2*6-11,13,16,24H,4-5H2,1-3H3,(H,27,28). The van der Waals surface area contributed by atoms with Crippen LogP contribution in [0.25, 0.3) is 66.8 Å². The van der Waals surface area contributed by atoms with E-state index in [-0.39, 0.29) is 23.7 Å². The molecule has 2 saturated carbocycles. The van der Waals surface area contributed by atoms with Crippen LogP contribution in [0.2, 0.25) is 0 Å². The lowest BCUT2D eigenvalue weighted by molar-refractivity contribution is 0.609. The number of aromatic nitrogens is 10. The molecule has 12 nitrogen and oxygen atoms in total. The van der Waals surface area contributed by atoms with Gasteiger partial charge in [0, 0.05) is 57.5 Å². The molecule has 0 spiro atoms. The predicted octanol–water partition coefficient (Wildman–Crippen LogP) is 9.10. The van der Waals surface area contributed by atoms with E-state index in [1.807, 2.05) is 100 Å². The van der Waals surface area contributed by atoms with Gasteiger partial charge in [-0.05, 0) is 114 Å². The summed E-state index contributed by atoms with van der Waals surface area (Å²) >= 11 is 0. The number of H-pyrrole nitrogens is 2. The smallest absolute Gasteiger partial charge is 0.133 e. The van der Waals surface area contributed by atoms with Gasteiger partial charge in [0.05, 0.1) is 59.3 Å². The van der Waals surface area contributed by atoms with Crippen LogP contribution in [0.1, 0.15) is 86.0 Å². The van der Waals surface area contributed by atoms with Gasteiger partial charge in [-0.1, -0.05) is 12.1 Å². The van der Waals surface area contributed by atoms with E-state index in [4.69, 9.17) is 0 Å². The minimum atomic E-state index is -0.263. The van der Waals surface area contributed by atoms with Crippen LogP contribution in [0.3, 0.4) is 0 Å². The number of aromatic amines is 2. The van der Waals surface area contributed by atoms with Gasteiger partial charge in [0.25, 0.3) is 0 Å². The molecule has 6 aromatic heterocycles. The van der Waals surface area contributed by atoms with Crippen LogP contribution in [0.5, 0.6) is 0 Å². The first-order chi connectivity index (χ1) is 28.1. The molecule has 6 heterocycles. The fourth-order valence-corrected chi connectivity index (χ4v) is 7.57. The highest BCUT2D eigenvalue weighted by Gasteiger charge is 2.26. The maximum absolute atomic E-state index is 15.0. The first-order valence-corrected chi connectivity index (χ1v) is 19.8. The Hall–Kier alpha value is -6.12. The molecule has 0 radical (unpaired) electrons. The molecule has 296 valence electrons. The van der Waals surface area contributed by atoms with Gasteiger partial charge >= 0.3 is 0 Å². The largest absolute Gasteiger partial charge is 0.313 e. The van der Waals surface area contributed by atoms with Crippen LogP contribution in [0.15, 0.2) is 73.6 Å². The zero-order valence-corrected chi connectivity index (χ0v) is 33.4. The van der Waals surface area contributed by atoms with E-state index < -0.39 is 0 Å². The maximum atomic E-state index is 15.0. The van der Waals surface area contributed by atoms with E-state index in [0.717, 1.165) is 66.6 Å². The number of nitrogens with one attached hydrogen (secondary N) is 4. The molecule has 2 fully saturated rings. The fourth-order valence-electron chi connectivity index (χ4n) is 7.57. The topological polar surface area (TPSA) is 143 Å². The molecule has 0 amide bonds. The maximum Gasteiger partial charge on any atom is 0.133 e. The van der Waals surface area contributed by atoms with Gasteiger partial charge in [-0.2, -0.15) is 20.4 Å². The van der Waals surface area contributed by atoms with Crippen molar-refractivity contribution in [2.75, 3.05) is 14.1 Å². The zero-order valence-electron chi connectivity index (χ0n) is 33.4. The van der Waals surface area contributed by atoms with Crippen molar-refractivity contribution in [2.24, 2.45) is 0 Å². The van der Waals surface area contributed by atoms with Crippen molar-refractivity contribution in [1.82, 2.24) is 60.6 Å². The third-order valence-electron chi connectivity index (χ3n) is 11.5. The first-order valence-electron chi connectivity index (χ1n) is 19.8. The molecule has 4 N–H and O–H groups in total. The zero-order chi connectivity index (χ0) is 40.2. The first kappa shape index (κ1) is 37.5. The van der Waals surface area contributed by atoms with E-state index in [2.05, 4.69) is 51.2 Å². The normalized spacial score (nSPS) is 15.2. The second kappa shape index (κ2) is 15.0. The highest BCUT2D eigenvalue weighted by molar-refractivity contribution is 5.95. The van der Waals surface area contributed by atoms with Crippen molar-refractivity contribution in [1.29, 1.82) is 0 Å². The summed E-state index contributed by atoms with van der Waals surface area (Å²) in [6, 6.07) is 12.2. The molecule has 2 aliphatic rings. The van der Waals surface area contributed by atoms with Crippen LogP contribution in [-0.4, -0.2) is 64.0 Å².